The highest BCUT2D eigenvalue weighted by molar-refractivity contribution is 6.21. The largest absolute Gasteiger partial charge is 0.264 e. The third kappa shape index (κ3) is 5.11. The van der Waals surface area contributed by atoms with Gasteiger partial charge >= 0.3 is 0 Å². The lowest BCUT2D eigenvalue weighted by atomic mass is 9.83. The first-order valence-electron chi connectivity index (χ1n) is 16.4. The first-order chi connectivity index (χ1) is 23.2. The number of hydrogen-bond acceptors (Lipinski definition) is 1. The van der Waals surface area contributed by atoms with E-state index < -0.39 is 0 Å². The van der Waals surface area contributed by atoms with Crippen molar-refractivity contribution in [2.24, 2.45) is 4.99 Å². The number of aryl methyl sites for hydroxylation is 1. The van der Waals surface area contributed by atoms with Gasteiger partial charge < -0.3 is 0 Å². The molecule has 8 aromatic carbocycles. The molecule has 8 aromatic rings. The average Bonchev–Trinajstić information content (AvgIpc) is 3.14. The van der Waals surface area contributed by atoms with Crippen molar-refractivity contribution in [1.82, 2.24) is 0 Å². The Balaban J connectivity index is 1.40. The summed E-state index contributed by atoms with van der Waals surface area (Å²) in [6.07, 6.45) is 1.75. The molecule has 0 N–H and O–H groups in total. The van der Waals surface area contributed by atoms with Crippen LogP contribution in [0.4, 0.5) is 5.69 Å². The van der Waals surface area contributed by atoms with Crippen LogP contribution in [0.3, 0.4) is 0 Å². The summed E-state index contributed by atoms with van der Waals surface area (Å²) in [6.45, 7) is 6.09. The molecule has 0 fully saturated rings. The van der Waals surface area contributed by atoms with E-state index in [1.54, 1.807) is 0 Å². The first kappa shape index (κ1) is 28.7. The Morgan fingerprint density at radius 2 is 0.979 bits per heavy atom. The Morgan fingerprint density at radius 3 is 1.64 bits per heavy atom. The summed E-state index contributed by atoms with van der Waals surface area (Å²) in [6, 6.07) is 57.6. The van der Waals surface area contributed by atoms with E-state index in [1.165, 1.54) is 82.4 Å². The summed E-state index contributed by atoms with van der Waals surface area (Å²) in [4.78, 5) is 4.34. The van der Waals surface area contributed by atoms with Crippen molar-refractivity contribution >= 4 is 44.7 Å². The Bertz CT molecular complexity index is 2390. The van der Waals surface area contributed by atoms with Crippen LogP contribution in [0.25, 0.3) is 65.7 Å². The third-order valence-electron chi connectivity index (χ3n) is 9.60. The first-order valence-corrected chi connectivity index (χ1v) is 16.4. The van der Waals surface area contributed by atoms with Gasteiger partial charge in [-0.25, -0.2) is 0 Å². The summed E-state index contributed by atoms with van der Waals surface area (Å²) < 4.78 is 0. The van der Waals surface area contributed by atoms with E-state index in [-0.39, 0.29) is 0 Å². The number of aliphatic imine (C=N–C) groups is 1. The zero-order valence-corrected chi connectivity index (χ0v) is 26.6. The van der Waals surface area contributed by atoms with Crippen LogP contribution in [0.1, 0.15) is 23.6 Å². The SMILES string of the molecule is C=Nc1ccccc1Cc1ccc(-c2c3ccccc3c(-c3ccc4ccccc4c3)c3ccccc23)cc1-c1ccccc1CC. The van der Waals surface area contributed by atoms with Gasteiger partial charge in [-0.15, -0.1) is 0 Å². The van der Waals surface area contributed by atoms with Crippen LogP contribution < -0.4 is 0 Å². The van der Waals surface area contributed by atoms with E-state index >= 15 is 0 Å². The van der Waals surface area contributed by atoms with Gasteiger partial charge in [0.05, 0.1) is 5.69 Å². The predicted octanol–water partition coefficient (Wildman–Crippen LogP) is 12.6. The van der Waals surface area contributed by atoms with Crippen molar-refractivity contribution in [3.63, 3.8) is 0 Å². The molecule has 0 saturated heterocycles. The minimum absolute atomic E-state index is 0.783. The summed E-state index contributed by atoms with van der Waals surface area (Å²) in [5.41, 5.74) is 12.3. The molecular formula is C46H35N. The number of para-hydroxylation sites is 1. The van der Waals surface area contributed by atoms with Crippen LogP contribution in [-0.4, -0.2) is 6.72 Å². The molecule has 0 amide bonds. The molecule has 0 saturated carbocycles. The van der Waals surface area contributed by atoms with E-state index in [9.17, 15) is 0 Å². The van der Waals surface area contributed by atoms with Crippen LogP contribution in [0.2, 0.25) is 0 Å². The Morgan fingerprint density at radius 1 is 0.447 bits per heavy atom. The van der Waals surface area contributed by atoms with Gasteiger partial charge in [-0.05, 0) is 114 Å². The third-order valence-corrected chi connectivity index (χ3v) is 9.60. The molecule has 0 aromatic heterocycles. The van der Waals surface area contributed by atoms with Crippen molar-refractivity contribution in [3.05, 3.63) is 174 Å². The topological polar surface area (TPSA) is 12.4 Å². The van der Waals surface area contributed by atoms with Crippen LogP contribution in [0, 0.1) is 0 Å². The van der Waals surface area contributed by atoms with E-state index in [0.29, 0.717) is 0 Å². The molecule has 0 spiro atoms. The van der Waals surface area contributed by atoms with Crippen molar-refractivity contribution < 1.29 is 0 Å². The quantitative estimate of drug-likeness (QED) is 0.127. The normalized spacial score (nSPS) is 11.3. The van der Waals surface area contributed by atoms with Crippen LogP contribution >= 0.6 is 0 Å². The molecule has 224 valence electrons. The lowest BCUT2D eigenvalue weighted by molar-refractivity contribution is 1.13. The van der Waals surface area contributed by atoms with Gasteiger partial charge in [-0.3, -0.25) is 4.99 Å². The van der Waals surface area contributed by atoms with Gasteiger partial charge in [0.25, 0.3) is 0 Å². The molecule has 0 unspecified atom stereocenters. The van der Waals surface area contributed by atoms with Crippen molar-refractivity contribution in [3.8, 4) is 33.4 Å². The molecule has 47 heavy (non-hydrogen) atoms. The van der Waals surface area contributed by atoms with Crippen LogP contribution in [0.5, 0.6) is 0 Å². The molecule has 0 aliphatic heterocycles. The van der Waals surface area contributed by atoms with Gasteiger partial charge in [0, 0.05) is 6.42 Å². The highest BCUT2D eigenvalue weighted by Gasteiger charge is 2.19. The lowest BCUT2D eigenvalue weighted by Gasteiger charge is -2.20. The maximum atomic E-state index is 4.34. The highest BCUT2D eigenvalue weighted by atomic mass is 14.7. The Hall–Kier alpha value is -5.79. The molecule has 0 atom stereocenters. The van der Waals surface area contributed by atoms with E-state index in [2.05, 4.69) is 164 Å². The summed E-state index contributed by atoms with van der Waals surface area (Å²) in [5, 5.41) is 7.57. The van der Waals surface area contributed by atoms with Gasteiger partial charge in [0.1, 0.15) is 0 Å². The summed E-state index contributed by atoms with van der Waals surface area (Å²) in [5.74, 6) is 0. The summed E-state index contributed by atoms with van der Waals surface area (Å²) in [7, 11) is 0. The number of nitrogens with zero attached hydrogens (tertiary/aromatic N) is 1. The second-order valence-corrected chi connectivity index (χ2v) is 12.2. The molecule has 0 aliphatic rings. The van der Waals surface area contributed by atoms with Crippen LogP contribution in [-0.2, 0) is 12.8 Å². The maximum Gasteiger partial charge on any atom is 0.0657 e. The smallest absolute Gasteiger partial charge is 0.0657 e. The van der Waals surface area contributed by atoms with E-state index in [0.717, 1.165) is 18.5 Å². The average molecular weight is 602 g/mol. The monoisotopic (exact) mass is 601 g/mol. The van der Waals surface area contributed by atoms with Gasteiger partial charge in [0.2, 0.25) is 0 Å². The fourth-order valence-electron chi connectivity index (χ4n) is 7.34. The maximum absolute atomic E-state index is 4.34. The number of hydrogen-bond donors (Lipinski definition) is 0. The standard InChI is InChI=1S/C46H35N/c1-3-31-14-6-8-18-38(31)43-30-37(27-25-34(43)29-35-17-7-13-23-44(35)47-2)46-41-21-11-9-19-39(41)45(40-20-10-12-22-42(40)46)36-26-24-32-15-4-5-16-33(32)28-36/h4-28,30H,2-3,29H2,1H3. The molecule has 1 heteroatoms. The minimum Gasteiger partial charge on any atom is -0.264 e. The zero-order valence-electron chi connectivity index (χ0n) is 26.6. The molecular weight excluding hydrogens is 567 g/mol. The van der Waals surface area contributed by atoms with Gasteiger partial charge in [0.15, 0.2) is 0 Å². The van der Waals surface area contributed by atoms with Crippen LogP contribution in [0.15, 0.2) is 163 Å². The number of benzene rings is 8. The number of fused-ring (bicyclic) bond motifs is 3. The molecule has 1 nitrogen and oxygen atoms in total. The second-order valence-electron chi connectivity index (χ2n) is 12.2. The molecule has 0 radical (unpaired) electrons. The van der Waals surface area contributed by atoms with E-state index in [1.807, 2.05) is 12.1 Å². The Kier molecular flexibility index (Phi) is 7.44. The summed E-state index contributed by atoms with van der Waals surface area (Å²) >= 11 is 0. The molecule has 0 heterocycles. The minimum atomic E-state index is 0.783. The fraction of sp³-hybridized carbons (Fsp3) is 0.0652. The fourth-order valence-corrected chi connectivity index (χ4v) is 7.34. The predicted molar refractivity (Wildman–Crippen MR) is 203 cm³/mol. The van der Waals surface area contributed by atoms with Gasteiger partial charge in [-0.2, -0.15) is 0 Å². The van der Waals surface area contributed by atoms with Crippen molar-refractivity contribution in [2.75, 3.05) is 0 Å². The highest BCUT2D eigenvalue weighted by Crippen LogP contribution is 2.45. The zero-order chi connectivity index (χ0) is 31.7. The lowest BCUT2D eigenvalue weighted by Crippen LogP contribution is -1.97. The van der Waals surface area contributed by atoms with Gasteiger partial charge in [-0.1, -0.05) is 146 Å². The number of rotatable bonds is 7. The molecule has 8 rings (SSSR count). The van der Waals surface area contributed by atoms with Crippen molar-refractivity contribution in [1.29, 1.82) is 0 Å². The second kappa shape index (κ2) is 12.2. The molecule has 0 bridgehead atoms. The molecule has 0 aliphatic carbocycles. The van der Waals surface area contributed by atoms with Crippen molar-refractivity contribution in [2.45, 2.75) is 19.8 Å². The Labute approximate surface area is 276 Å². The van der Waals surface area contributed by atoms with E-state index in [4.69, 9.17) is 0 Å².